The number of H-pyrrole nitrogens is 1. The molecule has 0 radical (unpaired) electrons. The summed E-state index contributed by atoms with van der Waals surface area (Å²) in [5.41, 5.74) is 6.22. The topological polar surface area (TPSA) is 48.1 Å². The van der Waals surface area contributed by atoms with Crippen LogP contribution in [-0.4, -0.2) is 34.9 Å². The first-order valence-corrected chi connectivity index (χ1v) is 12.4. The largest absolute Gasteiger partial charge is 0.358 e. The number of hydrogen-bond donors (Lipinski definition) is 2. The van der Waals surface area contributed by atoms with Gasteiger partial charge in [-0.25, -0.2) is 0 Å². The molecule has 0 saturated heterocycles. The lowest BCUT2D eigenvalue weighted by atomic mass is 9.90. The maximum Gasteiger partial charge on any atom is 0.224 e. The predicted molar refractivity (Wildman–Crippen MR) is 134 cm³/mol. The standard InChI is InChI=1S/C28H37N3O/c1-3-17-31(18-4-2)23-14-16-27-25(20-23)24-19-22(13-15-26(24)30-27)29-28(32)12-8-11-21-9-6-5-7-10-21/h5-7,9-10,13,15,19,23,30H,3-4,8,11-12,14,16-18,20H2,1-2H3,(H,29,32). The van der Waals surface area contributed by atoms with Crippen LogP contribution in [0.15, 0.2) is 48.5 Å². The van der Waals surface area contributed by atoms with Gasteiger partial charge in [0.2, 0.25) is 5.91 Å². The minimum atomic E-state index is 0.0969. The Morgan fingerprint density at radius 1 is 1.09 bits per heavy atom. The van der Waals surface area contributed by atoms with Crippen LogP contribution in [0.3, 0.4) is 0 Å². The Morgan fingerprint density at radius 3 is 2.62 bits per heavy atom. The molecule has 32 heavy (non-hydrogen) atoms. The second-order valence-electron chi connectivity index (χ2n) is 9.16. The molecule has 1 aliphatic carbocycles. The number of rotatable bonds is 10. The molecule has 2 aromatic carbocycles. The molecule has 1 amide bonds. The third kappa shape index (κ3) is 5.42. The first-order chi connectivity index (χ1) is 15.7. The van der Waals surface area contributed by atoms with E-state index in [0.717, 1.165) is 31.4 Å². The van der Waals surface area contributed by atoms with Gasteiger partial charge in [-0.3, -0.25) is 4.79 Å². The summed E-state index contributed by atoms with van der Waals surface area (Å²) in [7, 11) is 0. The highest BCUT2D eigenvalue weighted by molar-refractivity contribution is 5.95. The second-order valence-corrected chi connectivity index (χ2v) is 9.16. The van der Waals surface area contributed by atoms with E-state index in [-0.39, 0.29) is 5.91 Å². The van der Waals surface area contributed by atoms with Crippen LogP contribution in [-0.2, 0) is 24.1 Å². The molecule has 1 unspecified atom stereocenters. The zero-order valence-electron chi connectivity index (χ0n) is 19.6. The quantitative estimate of drug-likeness (QED) is 0.407. The molecule has 0 saturated carbocycles. The predicted octanol–water partition coefficient (Wildman–Crippen LogP) is 6.11. The van der Waals surface area contributed by atoms with E-state index in [9.17, 15) is 4.79 Å². The molecule has 4 rings (SSSR count). The maximum absolute atomic E-state index is 12.5. The molecule has 2 N–H and O–H groups in total. The minimum absolute atomic E-state index is 0.0969. The van der Waals surface area contributed by atoms with Crippen LogP contribution >= 0.6 is 0 Å². The second kappa shape index (κ2) is 10.8. The van der Waals surface area contributed by atoms with E-state index in [1.165, 1.54) is 60.1 Å². The van der Waals surface area contributed by atoms with Crippen molar-refractivity contribution in [2.45, 2.75) is 71.3 Å². The number of fused-ring (bicyclic) bond motifs is 3. The van der Waals surface area contributed by atoms with Gasteiger partial charge in [-0.05, 0) is 87.4 Å². The van der Waals surface area contributed by atoms with E-state index in [1.807, 2.05) is 12.1 Å². The molecule has 1 heterocycles. The number of carbonyl (C=O) groups is 1. The van der Waals surface area contributed by atoms with E-state index in [4.69, 9.17) is 0 Å². The van der Waals surface area contributed by atoms with Gasteiger partial charge in [0.05, 0.1) is 0 Å². The summed E-state index contributed by atoms with van der Waals surface area (Å²) in [6, 6.07) is 17.3. The SMILES string of the molecule is CCCN(CCC)C1CCc2[nH]c3ccc(NC(=O)CCCc4ccccc4)cc3c2C1. The molecule has 3 aromatic rings. The lowest BCUT2D eigenvalue weighted by Gasteiger charge is -2.34. The van der Waals surface area contributed by atoms with Crippen molar-refractivity contribution in [2.75, 3.05) is 18.4 Å². The summed E-state index contributed by atoms with van der Waals surface area (Å²) in [5.74, 6) is 0.0969. The fourth-order valence-electron chi connectivity index (χ4n) is 5.16. The van der Waals surface area contributed by atoms with Crippen molar-refractivity contribution in [2.24, 2.45) is 0 Å². The number of hydrogen-bond acceptors (Lipinski definition) is 2. The zero-order chi connectivity index (χ0) is 22.3. The number of aryl methyl sites for hydroxylation is 2. The molecule has 0 aliphatic heterocycles. The van der Waals surface area contributed by atoms with Gasteiger partial charge in [-0.15, -0.1) is 0 Å². The fraction of sp³-hybridized carbons (Fsp3) is 0.464. The molecule has 0 fully saturated rings. The van der Waals surface area contributed by atoms with Crippen LogP contribution in [0.1, 0.15) is 62.8 Å². The number of carbonyl (C=O) groups excluding carboxylic acids is 1. The van der Waals surface area contributed by atoms with E-state index in [2.05, 4.69) is 65.4 Å². The number of nitrogens with zero attached hydrogens (tertiary/aromatic N) is 1. The van der Waals surface area contributed by atoms with Gasteiger partial charge >= 0.3 is 0 Å². The van der Waals surface area contributed by atoms with E-state index >= 15 is 0 Å². The number of anilines is 1. The molecular weight excluding hydrogens is 394 g/mol. The summed E-state index contributed by atoms with van der Waals surface area (Å²) in [6.45, 7) is 6.91. The highest BCUT2D eigenvalue weighted by Crippen LogP contribution is 2.32. The van der Waals surface area contributed by atoms with Crippen molar-refractivity contribution in [3.8, 4) is 0 Å². The maximum atomic E-state index is 12.5. The van der Waals surface area contributed by atoms with Crippen LogP contribution in [0.4, 0.5) is 5.69 Å². The minimum Gasteiger partial charge on any atom is -0.358 e. The number of amides is 1. The number of nitrogens with one attached hydrogen (secondary N) is 2. The van der Waals surface area contributed by atoms with Crippen molar-refractivity contribution >= 4 is 22.5 Å². The Morgan fingerprint density at radius 2 is 1.88 bits per heavy atom. The molecule has 0 bridgehead atoms. The van der Waals surface area contributed by atoms with Crippen molar-refractivity contribution in [3.05, 3.63) is 65.4 Å². The Hall–Kier alpha value is -2.59. The highest BCUT2D eigenvalue weighted by Gasteiger charge is 2.26. The summed E-state index contributed by atoms with van der Waals surface area (Å²) in [5, 5.41) is 4.41. The number of aromatic amines is 1. The molecular formula is C28H37N3O. The first-order valence-electron chi connectivity index (χ1n) is 12.4. The first kappa shape index (κ1) is 22.6. The monoisotopic (exact) mass is 431 g/mol. The molecule has 1 atom stereocenters. The molecule has 4 nitrogen and oxygen atoms in total. The molecule has 1 aliphatic rings. The molecule has 1 aromatic heterocycles. The lowest BCUT2D eigenvalue weighted by molar-refractivity contribution is -0.116. The Balaban J connectivity index is 1.41. The Kier molecular flexibility index (Phi) is 7.64. The summed E-state index contributed by atoms with van der Waals surface area (Å²) in [4.78, 5) is 18.8. The molecule has 170 valence electrons. The van der Waals surface area contributed by atoms with E-state index in [1.54, 1.807) is 0 Å². The van der Waals surface area contributed by atoms with E-state index in [0.29, 0.717) is 12.5 Å². The average Bonchev–Trinajstić information content (AvgIpc) is 3.17. The molecule has 4 heteroatoms. The summed E-state index contributed by atoms with van der Waals surface area (Å²) < 4.78 is 0. The summed E-state index contributed by atoms with van der Waals surface area (Å²) >= 11 is 0. The highest BCUT2D eigenvalue weighted by atomic mass is 16.1. The van der Waals surface area contributed by atoms with Crippen molar-refractivity contribution in [1.29, 1.82) is 0 Å². The van der Waals surface area contributed by atoms with E-state index < -0.39 is 0 Å². The molecule has 0 spiro atoms. The van der Waals surface area contributed by atoms with Gasteiger partial charge in [0, 0.05) is 34.7 Å². The van der Waals surface area contributed by atoms with Crippen molar-refractivity contribution in [3.63, 3.8) is 0 Å². The average molecular weight is 432 g/mol. The smallest absolute Gasteiger partial charge is 0.224 e. The van der Waals surface area contributed by atoms with Gasteiger partial charge < -0.3 is 15.2 Å². The lowest BCUT2D eigenvalue weighted by Crippen LogP contribution is -2.40. The van der Waals surface area contributed by atoms with Gasteiger partial charge in [0.1, 0.15) is 0 Å². The normalized spacial score (nSPS) is 15.8. The zero-order valence-corrected chi connectivity index (χ0v) is 19.6. The van der Waals surface area contributed by atoms with Crippen LogP contribution in [0.25, 0.3) is 10.9 Å². The van der Waals surface area contributed by atoms with Gasteiger partial charge in [-0.1, -0.05) is 44.2 Å². The Labute approximate surface area is 192 Å². The van der Waals surface area contributed by atoms with Crippen LogP contribution in [0.2, 0.25) is 0 Å². The van der Waals surface area contributed by atoms with Crippen molar-refractivity contribution in [1.82, 2.24) is 9.88 Å². The summed E-state index contributed by atoms with van der Waals surface area (Å²) in [6.07, 6.45) is 8.20. The van der Waals surface area contributed by atoms with Crippen LogP contribution in [0, 0.1) is 0 Å². The third-order valence-electron chi connectivity index (χ3n) is 6.70. The van der Waals surface area contributed by atoms with Gasteiger partial charge in [-0.2, -0.15) is 0 Å². The van der Waals surface area contributed by atoms with Crippen molar-refractivity contribution < 1.29 is 4.79 Å². The number of benzene rings is 2. The Bertz CT molecular complexity index is 1020. The fourth-order valence-corrected chi connectivity index (χ4v) is 5.16. The van der Waals surface area contributed by atoms with Gasteiger partial charge in [0.15, 0.2) is 0 Å². The van der Waals surface area contributed by atoms with Crippen LogP contribution in [0.5, 0.6) is 0 Å². The number of aromatic nitrogens is 1. The van der Waals surface area contributed by atoms with Crippen LogP contribution < -0.4 is 5.32 Å². The van der Waals surface area contributed by atoms with Gasteiger partial charge in [0.25, 0.3) is 0 Å². The third-order valence-corrected chi connectivity index (χ3v) is 6.70.